The highest BCUT2D eigenvalue weighted by atomic mass is 35.5. The predicted molar refractivity (Wildman–Crippen MR) is 85.3 cm³/mol. The Labute approximate surface area is 128 Å². The van der Waals surface area contributed by atoms with Gasteiger partial charge < -0.3 is 4.74 Å². The molecular formula is C15H10ClNO3S. The number of fused-ring (bicyclic) bond motifs is 1. The van der Waals surface area contributed by atoms with Gasteiger partial charge in [-0.3, -0.25) is 14.2 Å². The molecular weight excluding hydrogens is 310 g/mol. The Hall–Kier alpha value is -2.11. The second kappa shape index (κ2) is 5.35. The second-order valence-electron chi connectivity index (χ2n) is 4.33. The van der Waals surface area contributed by atoms with Crippen molar-refractivity contribution in [2.24, 2.45) is 0 Å². The van der Waals surface area contributed by atoms with Crippen LogP contribution in [-0.2, 0) is 0 Å². The summed E-state index contributed by atoms with van der Waals surface area (Å²) in [6, 6.07) is 9.70. The van der Waals surface area contributed by atoms with Crippen molar-refractivity contribution in [1.82, 2.24) is 4.57 Å². The molecule has 0 aliphatic rings. The Morgan fingerprint density at radius 1 is 1.19 bits per heavy atom. The summed E-state index contributed by atoms with van der Waals surface area (Å²) in [6.45, 7) is 0. The maximum atomic E-state index is 12.6. The molecule has 0 saturated carbocycles. The van der Waals surface area contributed by atoms with Gasteiger partial charge in [0.2, 0.25) is 0 Å². The molecule has 0 spiro atoms. The zero-order valence-corrected chi connectivity index (χ0v) is 12.6. The fraction of sp³-hybridized carbons (Fsp3) is 0.0667. The molecule has 0 atom stereocenters. The van der Waals surface area contributed by atoms with Crippen LogP contribution in [0.3, 0.4) is 0 Å². The van der Waals surface area contributed by atoms with Gasteiger partial charge in [-0.15, -0.1) is 11.3 Å². The van der Waals surface area contributed by atoms with Crippen molar-refractivity contribution < 1.29 is 4.74 Å². The molecule has 3 rings (SSSR count). The fourth-order valence-electron chi connectivity index (χ4n) is 2.14. The van der Waals surface area contributed by atoms with E-state index < -0.39 is 5.56 Å². The number of nitrogens with zero attached hydrogens (tertiary/aromatic N) is 1. The van der Waals surface area contributed by atoms with Crippen LogP contribution in [0.4, 0.5) is 0 Å². The van der Waals surface area contributed by atoms with Gasteiger partial charge in [-0.05, 0) is 35.7 Å². The molecule has 0 N–H and O–H groups in total. The van der Waals surface area contributed by atoms with Crippen LogP contribution < -0.4 is 15.7 Å². The normalized spacial score (nSPS) is 10.8. The average molecular weight is 320 g/mol. The van der Waals surface area contributed by atoms with Crippen LogP contribution in [0.1, 0.15) is 0 Å². The van der Waals surface area contributed by atoms with Gasteiger partial charge in [0, 0.05) is 16.5 Å². The van der Waals surface area contributed by atoms with Gasteiger partial charge in [0.05, 0.1) is 12.6 Å². The lowest BCUT2D eigenvalue weighted by Crippen LogP contribution is -2.16. The van der Waals surface area contributed by atoms with Crippen LogP contribution in [0.15, 0.2) is 51.4 Å². The molecule has 2 heterocycles. The van der Waals surface area contributed by atoms with Crippen molar-refractivity contribution in [3.63, 3.8) is 0 Å². The lowest BCUT2D eigenvalue weighted by molar-refractivity contribution is 0.408. The van der Waals surface area contributed by atoms with Crippen molar-refractivity contribution in [3.8, 4) is 10.8 Å². The molecule has 4 nitrogen and oxygen atoms in total. The first kappa shape index (κ1) is 13.9. The molecule has 6 heteroatoms. The summed E-state index contributed by atoms with van der Waals surface area (Å²) in [5.74, 6) is 0.000669. The van der Waals surface area contributed by atoms with Gasteiger partial charge in [0.15, 0.2) is 11.2 Å². The van der Waals surface area contributed by atoms with E-state index in [1.807, 2.05) is 11.4 Å². The zero-order valence-electron chi connectivity index (χ0n) is 11.0. The minimum Gasteiger partial charge on any atom is -0.491 e. The van der Waals surface area contributed by atoms with Crippen LogP contribution in [0.5, 0.6) is 5.75 Å². The highest BCUT2D eigenvalue weighted by Crippen LogP contribution is 2.22. The van der Waals surface area contributed by atoms with Crippen LogP contribution in [0, 0.1) is 0 Å². The number of hydrogen-bond acceptors (Lipinski definition) is 4. The first-order valence-electron chi connectivity index (χ1n) is 6.09. The van der Waals surface area contributed by atoms with Crippen molar-refractivity contribution in [3.05, 3.63) is 67.4 Å². The third kappa shape index (κ3) is 2.34. The van der Waals surface area contributed by atoms with E-state index in [-0.39, 0.29) is 11.2 Å². The number of aromatic nitrogens is 1. The number of rotatable bonds is 2. The monoisotopic (exact) mass is 319 g/mol. The second-order valence-corrected chi connectivity index (χ2v) is 5.69. The van der Waals surface area contributed by atoms with Gasteiger partial charge in [0.25, 0.3) is 5.56 Å². The van der Waals surface area contributed by atoms with Gasteiger partial charge in [-0.2, -0.15) is 0 Å². The van der Waals surface area contributed by atoms with Crippen LogP contribution in [0.2, 0.25) is 5.02 Å². The van der Waals surface area contributed by atoms with E-state index >= 15 is 0 Å². The van der Waals surface area contributed by atoms with Gasteiger partial charge in [-0.1, -0.05) is 11.6 Å². The molecule has 21 heavy (non-hydrogen) atoms. The van der Waals surface area contributed by atoms with Crippen LogP contribution >= 0.6 is 22.9 Å². The van der Waals surface area contributed by atoms with E-state index in [1.165, 1.54) is 29.1 Å². The predicted octanol–water partition coefficient (Wildman–Crippen LogP) is 3.07. The van der Waals surface area contributed by atoms with E-state index in [9.17, 15) is 9.59 Å². The Kier molecular flexibility index (Phi) is 3.53. The van der Waals surface area contributed by atoms with E-state index in [4.69, 9.17) is 16.3 Å². The summed E-state index contributed by atoms with van der Waals surface area (Å²) in [5.41, 5.74) is -0.219. The molecule has 3 aromatic rings. The third-order valence-electron chi connectivity index (χ3n) is 3.09. The Morgan fingerprint density at radius 2 is 2.00 bits per heavy atom. The number of benzene rings is 1. The van der Waals surface area contributed by atoms with E-state index in [0.717, 1.165) is 0 Å². The maximum Gasteiger partial charge on any atom is 0.298 e. The molecule has 0 aliphatic heterocycles. The van der Waals surface area contributed by atoms with Crippen molar-refractivity contribution in [1.29, 1.82) is 0 Å². The van der Waals surface area contributed by atoms with Crippen LogP contribution in [0.25, 0.3) is 15.9 Å². The SMILES string of the molecule is COc1cc(=O)c2ccc(Cl)cc2n(-c2cccs2)c1=O. The number of methoxy groups -OCH3 is 1. The number of hydrogen-bond donors (Lipinski definition) is 0. The summed E-state index contributed by atoms with van der Waals surface area (Å²) < 4.78 is 6.51. The molecule has 0 radical (unpaired) electrons. The van der Waals surface area contributed by atoms with Crippen LogP contribution in [-0.4, -0.2) is 11.7 Å². The number of ether oxygens (including phenoxy) is 1. The lowest BCUT2D eigenvalue weighted by atomic mass is 10.2. The molecule has 106 valence electrons. The topological polar surface area (TPSA) is 48.3 Å². The van der Waals surface area contributed by atoms with Gasteiger partial charge in [0.1, 0.15) is 5.00 Å². The van der Waals surface area contributed by atoms with E-state index in [0.29, 0.717) is 20.9 Å². The van der Waals surface area contributed by atoms with E-state index in [1.54, 1.807) is 24.3 Å². The molecule has 0 amide bonds. The lowest BCUT2D eigenvalue weighted by Gasteiger charge is -2.05. The Bertz CT molecular complexity index is 932. The minimum absolute atomic E-state index is 0.000669. The van der Waals surface area contributed by atoms with E-state index in [2.05, 4.69) is 0 Å². The van der Waals surface area contributed by atoms with Crippen molar-refractivity contribution >= 4 is 33.8 Å². The molecule has 2 aromatic heterocycles. The Balaban J connectivity index is 2.63. The minimum atomic E-state index is -0.394. The fourth-order valence-corrected chi connectivity index (χ4v) is 3.05. The zero-order chi connectivity index (χ0) is 15.0. The number of halogens is 1. The first-order chi connectivity index (χ1) is 10.1. The standard InChI is InChI=1S/C15H10ClNO3S/c1-20-13-8-12(18)10-5-4-9(16)7-11(10)17(15(13)19)14-3-2-6-21-14/h2-8H,1H3. The maximum absolute atomic E-state index is 12.6. The van der Waals surface area contributed by atoms with Crippen molar-refractivity contribution in [2.45, 2.75) is 0 Å². The molecule has 0 aliphatic carbocycles. The smallest absolute Gasteiger partial charge is 0.298 e. The largest absolute Gasteiger partial charge is 0.491 e. The molecule has 0 saturated heterocycles. The molecule has 0 unspecified atom stereocenters. The summed E-state index contributed by atoms with van der Waals surface area (Å²) in [7, 11) is 1.37. The van der Waals surface area contributed by atoms with Crippen molar-refractivity contribution in [2.75, 3.05) is 7.11 Å². The Morgan fingerprint density at radius 3 is 2.67 bits per heavy atom. The number of thiophene rings is 1. The summed E-state index contributed by atoms with van der Waals surface area (Å²) in [6.07, 6.45) is 0. The summed E-state index contributed by atoms with van der Waals surface area (Å²) in [4.78, 5) is 24.9. The quantitative estimate of drug-likeness (QED) is 0.729. The third-order valence-corrected chi connectivity index (χ3v) is 4.18. The van der Waals surface area contributed by atoms with Gasteiger partial charge >= 0.3 is 0 Å². The van der Waals surface area contributed by atoms with Gasteiger partial charge in [-0.25, -0.2) is 0 Å². The average Bonchev–Trinajstić information content (AvgIpc) is 2.95. The highest BCUT2D eigenvalue weighted by molar-refractivity contribution is 7.12. The molecule has 0 fully saturated rings. The highest BCUT2D eigenvalue weighted by Gasteiger charge is 2.12. The summed E-state index contributed by atoms with van der Waals surface area (Å²) in [5, 5.41) is 3.42. The first-order valence-corrected chi connectivity index (χ1v) is 7.35. The molecule has 0 bridgehead atoms. The summed E-state index contributed by atoms with van der Waals surface area (Å²) >= 11 is 7.42. The molecule has 1 aromatic carbocycles.